The minimum absolute atomic E-state index is 0.105. The molecule has 0 bridgehead atoms. The first-order valence-electron chi connectivity index (χ1n) is 6.72. The number of carboxylic acid groups (broad SMARTS) is 1. The van der Waals surface area contributed by atoms with Gasteiger partial charge >= 0.3 is 5.97 Å². The van der Waals surface area contributed by atoms with E-state index in [2.05, 4.69) is 11.9 Å². The maximum absolute atomic E-state index is 10.9. The molecule has 1 rings (SSSR count). The van der Waals surface area contributed by atoms with Crippen LogP contribution >= 0.6 is 0 Å². The van der Waals surface area contributed by atoms with Crippen LogP contribution in [0.25, 0.3) is 0 Å². The van der Waals surface area contributed by atoms with Gasteiger partial charge in [0.25, 0.3) is 0 Å². The maximum atomic E-state index is 10.9. The van der Waals surface area contributed by atoms with Crippen molar-refractivity contribution in [3.63, 3.8) is 0 Å². The average Bonchev–Trinajstić information content (AvgIpc) is 2.71. The van der Waals surface area contributed by atoms with Crippen molar-refractivity contribution in [2.24, 2.45) is 0 Å². The number of nitrogens with zero attached hydrogens (tertiary/aromatic N) is 2. The lowest BCUT2D eigenvalue weighted by Gasteiger charge is -2.22. The standard InChI is InChI=1S/C13H23N3O3/c1-3-4-5-6-7-10(9(2)17)16-8-15-11(12(16)14)13(18)19/h8-10,17H,3-7,14H2,1-2H3,(H,18,19). The summed E-state index contributed by atoms with van der Waals surface area (Å²) in [5, 5.41) is 18.8. The molecule has 0 aliphatic heterocycles. The van der Waals surface area contributed by atoms with Gasteiger partial charge in [-0.3, -0.25) is 0 Å². The molecule has 0 amide bonds. The van der Waals surface area contributed by atoms with E-state index >= 15 is 0 Å². The molecule has 0 aromatic carbocycles. The number of aliphatic hydroxyl groups excluding tert-OH is 1. The van der Waals surface area contributed by atoms with Crippen molar-refractivity contribution in [1.29, 1.82) is 0 Å². The van der Waals surface area contributed by atoms with Crippen LogP contribution in [0.3, 0.4) is 0 Å². The van der Waals surface area contributed by atoms with Crippen molar-refractivity contribution in [2.75, 3.05) is 5.73 Å². The predicted molar refractivity (Wildman–Crippen MR) is 73.1 cm³/mol. The van der Waals surface area contributed by atoms with E-state index in [-0.39, 0.29) is 17.6 Å². The summed E-state index contributed by atoms with van der Waals surface area (Å²) >= 11 is 0. The van der Waals surface area contributed by atoms with Gasteiger partial charge in [0.05, 0.1) is 18.5 Å². The number of carboxylic acids is 1. The molecular weight excluding hydrogens is 246 g/mol. The number of nitrogen functional groups attached to an aromatic ring is 1. The van der Waals surface area contributed by atoms with Gasteiger partial charge in [0.15, 0.2) is 5.69 Å². The van der Waals surface area contributed by atoms with Crippen LogP contribution in [-0.4, -0.2) is 31.8 Å². The number of hydrogen-bond donors (Lipinski definition) is 3. The molecular formula is C13H23N3O3. The molecule has 1 heterocycles. The second-order valence-corrected chi connectivity index (χ2v) is 4.85. The fraction of sp³-hybridized carbons (Fsp3) is 0.692. The zero-order chi connectivity index (χ0) is 14.4. The molecule has 0 radical (unpaired) electrons. The summed E-state index contributed by atoms with van der Waals surface area (Å²) in [6.07, 6.45) is 5.94. The first-order valence-corrected chi connectivity index (χ1v) is 6.72. The monoisotopic (exact) mass is 269 g/mol. The summed E-state index contributed by atoms with van der Waals surface area (Å²) in [7, 11) is 0. The van der Waals surface area contributed by atoms with E-state index in [0.29, 0.717) is 0 Å². The number of aliphatic hydroxyl groups is 1. The van der Waals surface area contributed by atoms with E-state index in [1.165, 1.54) is 6.33 Å². The van der Waals surface area contributed by atoms with Gasteiger partial charge in [0.1, 0.15) is 5.82 Å². The Morgan fingerprint density at radius 1 is 1.47 bits per heavy atom. The molecule has 0 saturated heterocycles. The Balaban J connectivity index is 2.79. The highest BCUT2D eigenvalue weighted by molar-refractivity contribution is 5.90. The molecule has 2 unspecified atom stereocenters. The second-order valence-electron chi connectivity index (χ2n) is 4.85. The van der Waals surface area contributed by atoms with E-state index in [1.807, 2.05) is 0 Å². The molecule has 0 spiro atoms. The van der Waals surface area contributed by atoms with Gasteiger partial charge in [-0.15, -0.1) is 0 Å². The molecule has 0 saturated carbocycles. The van der Waals surface area contributed by atoms with E-state index in [0.717, 1.165) is 32.1 Å². The third kappa shape index (κ3) is 3.96. The van der Waals surface area contributed by atoms with Crippen LogP contribution in [-0.2, 0) is 0 Å². The minimum atomic E-state index is -1.15. The molecule has 6 heteroatoms. The Bertz CT molecular complexity index is 415. The van der Waals surface area contributed by atoms with Gasteiger partial charge in [-0.05, 0) is 13.3 Å². The highest BCUT2D eigenvalue weighted by Crippen LogP contribution is 2.25. The molecule has 6 nitrogen and oxygen atoms in total. The number of anilines is 1. The quantitative estimate of drug-likeness (QED) is 0.627. The van der Waals surface area contributed by atoms with Crippen molar-refractivity contribution in [1.82, 2.24) is 9.55 Å². The first kappa shape index (κ1) is 15.5. The number of carbonyl (C=O) groups is 1. The van der Waals surface area contributed by atoms with Gasteiger partial charge in [0.2, 0.25) is 0 Å². The molecule has 1 aromatic heterocycles. The third-order valence-corrected chi connectivity index (χ3v) is 3.30. The molecule has 0 aliphatic carbocycles. The number of rotatable bonds is 8. The lowest BCUT2D eigenvalue weighted by molar-refractivity contribution is 0.0691. The van der Waals surface area contributed by atoms with Crippen molar-refractivity contribution in [3.05, 3.63) is 12.0 Å². The van der Waals surface area contributed by atoms with Crippen molar-refractivity contribution >= 4 is 11.8 Å². The largest absolute Gasteiger partial charge is 0.476 e. The number of imidazole rings is 1. The Morgan fingerprint density at radius 2 is 2.16 bits per heavy atom. The topological polar surface area (TPSA) is 101 Å². The van der Waals surface area contributed by atoms with Crippen LogP contribution in [0, 0.1) is 0 Å². The number of hydrogen-bond acceptors (Lipinski definition) is 4. The number of unbranched alkanes of at least 4 members (excludes halogenated alkanes) is 3. The van der Waals surface area contributed by atoms with Gasteiger partial charge in [-0.2, -0.15) is 0 Å². The highest BCUT2D eigenvalue weighted by Gasteiger charge is 2.22. The SMILES string of the molecule is CCCCCCC(C(C)O)n1cnc(C(=O)O)c1N. The molecule has 0 fully saturated rings. The lowest BCUT2D eigenvalue weighted by Crippen LogP contribution is -2.22. The maximum Gasteiger partial charge on any atom is 0.358 e. The lowest BCUT2D eigenvalue weighted by atomic mass is 10.0. The minimum Gasteiger partial charge on any atom is -0.476 e. The fourth-order valence-corrected chi connectivity index (χ4v) is 2.19. The highest BCUT2D eigenvalue weighted by atomic mass is 16.4. The Labute approximate surface area is 113 Å². The molecule has 0 aliphatic rings. The Morgan fingerprint density at radius 3 is 2.63 bits per heavy atom. The van der Waals surface area contributed by atoms with Crippen molar-refractivity contribution in [3.8, 4) is 0 Å². The zero-order valence-electron chi connectivity index (χ0n) is 11.5. The van der Waals surface area contributed by atoms with Crippen molar-refractivity contribution < 1.29 is 15.0 Å². The van der Waals surface area contributed by atoms with Gasteiger partial charge in [-0.1, -0.05) is 32.6 Å². The Hall–Kier alpha value is -1.56. The van der Waals surface area contributed by atoms with Crippen LogP contribution in [0.15, 0.2) is 6.33 Å². The normalized spacial score (nSPS) is 14.3. The summed E-state index contributed by atoms with van der Waals surface area (Å²) in [4.78, 5) is 14.7. The number of aromatic nitrogens is 2. The molecule has 2 atom stereocenters. The molecule has 108 valence electrons. The van der Waals surface area contributed by atoms with Crippen LogP contribution < -0.4 is 5.73 Å². The fourth-order valence-electron chi connectivity index (χ4n) is 2.19. The van der Waals surface area contributed by atoms with Gasteiger partial charge in [-0.25, -0.2) is 9.78 Å². The summed E-state index contributed by atoms with van der Waals surface area (Å²) in [5.74, 6) is -1.04. The zero-order valence-corrected chi connectivity index (χ0v) is 11.5. The summed E-state index contributed by atoms with van der Waals surface area (Å²) in [6, 6.07) is -0.225. The van der Waals surface area contributed by atoms with E-state index in [9.17, 15) is 9.90 Å². The van der Waals surface area contributed by atoms with E-state index in [4.69, 9.17) is 10.8 Å². The van der Waals surface area contributed by atoms with Crippen LogP contribution in [0.1, 0.15) is 62.5 Å². The summed E-state index contributed by atoms with van der Waals surface area (Å²) in [6.45, 7) is 3.82. The van der Waals surface area contributed by atoms with E-state index < -0.39 is 12.1 Å². The second kappa shape index (κ2) is 7.13. The Kier molecular flexibility index (Phi) is 5.82. The third-order valence-electron chi connectivity index (χ3n) is 3.30. The summed E-state index contributed by atoms with van der Waals surface area (Å²) in [5.41, 5.74) is 5.63. The predicted octanol–water partition coefficient (Wildman–Crippen LogP) is 2.06. The van der Waals surface area contributed by atoms with Crippen LogP contribution in [0.4, 0.5) is 5.82 Å². The molecule has 4 N–H and O–H groups in total. The smallest absolute Gasteiger partial charge is 0.358 e. The van der Waals surface area contributed by atoms with Gasteiger partial charge in [0, 0.05) is 0 Å². The molecule has 1 aromatic rings. The summed E-state index contributed by atoms with van der Waals surface area (Å²) < 4.78 is 1.57. The number of nitrogens with two attached hydrogens (primary N) is 1. The van der Waals surface area contributed by atoms with E-state index in [1.54, 1.807) is 11.5 Å². The first-order chi connectivity index (χ1) is 8.99. The van der Waals surface area contributed by atoms with Crippen LogP contribution in [0.2, 0.25) is 0 Å². The average molecular weight is 269 g/mol. The van der Waals surface area contributed by atoms with Gasteiger partial charge < -0.3 is 20.5 Å². The van der Waals surface area contributed by atoms with Crippen LogP contribution in [0.5, 0.6) is 0 Å². The van der Waals surface area contributed by atoms with Crippen molar-refractivity contribution in [2.45, 2.75) is 58.1 Å². The number of aromatic carboxylic acids is 1. The molecule has 19 heavy (non-hydrogen) atoms.